The maximum absolute atomic E-state index is 12.4. The Kier molecular flexibility index (Phi) is 6.24. The Hall–Kier alpha value is -3.20. The Bertz CT molecular complexity index is 808. The predicted octanol–water partition coefficient (Wildman–Crippen LogP) is 4.45. The lowest BCUT2D eigenvalue weighted by Crippen LogP contribution is -2.04. The monoisotopic (exact) mass is 343 g/mol. The number of rotatable bonds is 7. The van der Waals surface area contributed by atoms with Crippen LogP contribution in [-0.4, -0.2) is 19.0 Å². The second kappa shape index (κ2) is 8.60. The van der Waals surface area contributed by atoms with Gasteiger partial charge < -0.3 is 9.47 Å². The number of benzene rings is 2. The lowest BCUT2D eigenvalue weighted by molar-refractivity contribution is -0.0514. The zero-order valence-electron chi connectivity index (χ0n) is 13.4. The number of nitriles is 1. The van der Waals surface area contributed by atoms with Gasteiger partial charge in [-0.25, -0.2) is 0 Å². The predicted molar refractivity (Wildman–Crippen MR) is 88.8 cm³/mol. The molecule has 0 aliphatic rings. The second-order valence-corrected chi connectivity index (χ2v) is 4.90. The van der Waals surface area contributed by atoms with Crippen molar-refractivity contribution in [2.75, 3.05) is 6.61 Å². The van der Waals surface area contributed by atoms with Gasteiger partial charge in [0.1, 0.15) is 0 Å². The molecular weight excluding hydrogens is 328 g/mol. The molecular formula is C19H15F2NO3. The number of allylic oxidation sites excluding steroid dienone is 1. The molecule has 0 aliphatic carbocycles. The summed E-state index contributed by atoms with van der Waals surface area (Å²) >= 11 is 0. The van der Waals surface area contributed by atoms with Gasteiger partial charge in [-0.05, 0) is 55.0 Å². The molecule has 0 bridgehead atoms. The molecule has 0 N–H and O–H groups in total. The number of ether oxygens (including phenoxy) is 2. The number of halogens is 2. The van der Waals surface area contributed by atoms with E-state index >= 15 is 0 Å². The Labute approximate surface area is 143 Å². The Morgan fingerprint density at radius 2 is 1.92 bits per heavy atom. The fourth-order valence-electron chi connectivity index (χ4n) is 2.07. The van der Waals surface area contributed by atoms with Crippen molar-refractivity contribution in [3.63, 3.8) is 0 Å². The van der Waals surface area contributed by atoms with Gasteiger partial charge in [0.15, 0.2) is 17.3 Å². The van der Waals surface area contributed by atoms with Crippen LogP contribution >= 0.6 is 0 Å². The van der Waals surface area contributed by atoms with Crippen LogP contribution in [0.15, 0.2) is 48.5 Å². The van der Waals surface area contributed by atoms with Gasteiger partial charge in [-0.1, -0.05) is 12.1 Å². The molecule has 0 fully saturated rings. The van der Waals surface area contributed by atoms with Crippen LogP contribution in [0.4, 0.5) is 8.78 Å². The number of nitrogens with zero attached hydrogens (tertiary/aromatic N) is 1. The molecule has 2 rings (SSSR count). The van der Waals surface area contributed by atoms with E-state index in [0.29, 0.717) is 16.7 Å². The number of alkyl halides is 2. The molecule has 0 heterocycles. The molecule has 4 nitrogen and oxygen atoms in total. The number of hydrogen-bond donors (Lipinski definition) is 0. The summed E-state index contributed by atoms with van der Waals surface area (Å²) in [6.07, 6.45) is 2.91. The van der Waals surface area contributed by atoms with E-state index in [0.717, 1.165) is 0 Å². The number of hydrogen-bond acceptors (Lipinski definition) is 4. The normalized spacial score (nSPS) is 10.7. The van der Waals surface area contributed by atoms with E-state index in [1.807, 2.05) is 6.07 Å². The van der Waals surface area contributed by atoms with Gasteiger partial charge in [-0.2, -0.15) is 14.0 Å². The first kappa shape index (κ1) is 18.1. The van der Waals surface area contributed by atoms with Crippen LogP contribution in [0.5, 0.6) is 11.5 Å². The average molecular weight is 343 g/mol. The lowest BCUT2D eigenvalue weighted by Gasteiger charge is -2.11. The molecule has 2 aromatic carbocycles. The molecule has 0 saturated carbocycles. The van der Waals surface area contributed by atoms with Gasteiger partial charge >= 0.3 is 6.61 Å². The lowest BCUT2D eigenvalue weighted by atomic mass is 10.1. The molecule has 0 unspecified atom stereocenters. The van der Waals surface area contributed by atoms with Crippen LogP contribution in [0, 0.1) is 11.3 Å². The minimum absolute atomic E-state index is 0.0626. The van der Waals surface area contributed by atoms with E-state index in [1.54, 1.807) is 43.3 Å². The smallest absolute Gasteiger partial charge is 0.387 e. The molecule has 0 radical (unpaired) electrons. The summed E-state index contributed by atoms with van der Waals surface area (Å²) in [5.41, 5.74) is 1.52. The molecule has 6 heteroatoms. The molecule has 0 saturated heterocycles. The third-order valence-electron chi connectivity index (χ3n) is 3.21. The van der Waals surface area contributed by atoms with Crippen LogP contribution < -0.4 is 9.47 Å². The van der Waals surface area contributed by atoms with Crippen molar-refractivity contribution < 1.29 is 23.0 Å². The molecule has 0 aliphatic heterocycles. The standard InChI is InChI=1S/C19H15F2NO3/c1-2-24-18-11-13(6-10-17(18)25-19(20)21)5-9-16(23)15-7-3-14(12-22)4-8-15/h3-11,19H,2H2,1H3/b9-5+. The summed E-state index contributed by atoms with van der Waals surface area (Å²) in [6, 6.07) is 12.7. The van der Waals surface area contributed by atoms with E-state index in [2.05, 4.69) is 4.74 Å². The molecule has 0 amide bonds. The van der Waals surface area contributed by atoms with Crippen molar-refractivity contribution >= 4 is 11.9 Å². The Morgan fingerprint density at radius 3 is 2.52 bits per heavy atom. The molecule has 0 aromatic heterocycles. The molecule has 2 aromatic rings. The summed E-state index contributed by atoms with van der Waals surface area (Å²) in [6.45, 7) is -0.932. The number of carbonyl (C=O) groups excluding carboxylic acids is 1. The van der Waals surface area contributed by atoms with Crippen molar-refractivity contribution in [1.82, 2.24) is 0 Å². The van der Waals surface area contributed by atoms with Crippen LogP contribution in [0.25, 0.3) is 6.08 Å². The highest BCUT2D eigenvalue weighted by Gasteiger charge is 2.11. The maximum atomic E-state index is 12.4. The summed E-state index contributed by atoms with van der Waals surface area (Å²) in [7, 11) is 0. The van der Waals surface area contributed by atoms with Crippen LogP contribution in [0.2, 0.25) is 0 Å². The minimum atomic E-state index is -2.95. The number of carbonyl (C=O) groups is 1. The highest BCUT2D eigenvalue weighted by Crippen LogP contribution is 2.30. The third-order valence-corrected chi connectivity index (χ3v) is 3.21. The van der Waals surface area contributed by atoms with E-state index < -0.39 is 6.61 Å². The third kappa shape index (κ3) is 5.15. The topological polar surface area (TPSA) is 59.3 Å². The average Bonchev–Trinajstić information content (AvgIpc) is 2.61. The summed E-state index contributed by atoms with van der Waals surface area (Å²) in [5.74, 6) is -0.126. The van der Waals surface area contributed by atoms with E-state index in [1.165, 1.54) is 18.2 Å². The molecule has 0 atom stereocenters. The fraction of sp³-hybridized carbons (Fsp3) is 0.158. The van der Waals surface area contributed by atoms with Crippen LogP contribution in [0.3, 0.4) is 0 Å². The van der Waals surface area contributed by atoms with E-state index in [9.17, 15) is 13.6 Å². The summed E-state index contributed by atoms with van der Waals surface area (Å²) < 4.78 is 34.4. The summed E-state index contributed by atoms with van der Waals surface area (Å²) in [5, 5.41) is 8.75. The van der Waals surface area contributed by atoms with Crippen molar-refractivity contribution in [2.45, 2.75) is 13.5 Å². The van der Waals surface area contributed by atoms with Crippen molar-refractivity contribution in [2.24, 2.45) is 0 Å². The number of ketones is 1. The van der Waals surface area contributed by atoms with Crippen LogP contribution in [-0.2, 0) is 0 Å². The van der Waals surface area contributed by atoms with Gasteiger partial charge in [0.25, 0.3) is 0 Å². The van der Waals surface area contributed by atoms with Crippen molar-refractivity contribution in [3.8, 4) is 17.6 Å². The first-order valence-corrected chi connectivity index (χ1v) is 7.47. The highest BCUT2D eigenvalue weighted by molar-refractivity contribution is 6.06. The second-order valence-electron chi connectivity index (χ2n) is 4.90. The highest BCUT2D eigenvalue weighted by atomic mass is 19.3. The van der Waals surface area contributed by atoms with Gasteiger partial charge in [-0.3, -0.25) is 4.79 Å². The fourth-order valence-corrected chi connectivity index (χ4v) is 2.07. The van der Waals surface area contributed by atoms with E-state index in [-0.39, 0.29) is 23.9 Å². The van der Waals surface area contributed by atoms with Crippen molar-refractivity contribution in [1.29, 1.82) is 5.26 Å². The first-order valence-electron chi connectivity index (χ1n) is 7.47. The summed E-state index contributed by atoms with van der Waals surface area (Å²) in [4.78, 5) is 12.1. The largest absolute Gasteiger partial charge is 0.490 e. The minimum Gasteiger partial charge on any atom is -0.490 e. The van der Waals surface area contributed by atoms with E-state index in [4.69, 9.17) is 10.00 Å². The molecule has 25 heavy (non-hydrogen) atoms. The van der Waals surface area contributed by atoms with Gasteiger partial charge in [0.05, 0.1) is 18.2 Å². The van der Waals surface area contributed by atoms with Crippen molar-refractivity contribution in [3.05, 3.63) is 65.2 Å². The van der Waals surface area contributed by atoms with Crippen LogP contribution in [0.1, 0.15) is 28.4 Å². The Balaban J connectivity index is 2.17. The molecule has 128 valence electrons. The van der Waals surface area contributed by atoms with Gasteiger partial charge in [0, 0.05) is 5.56 Å². The molecule has 0 spiro atoms. The zero-order chi connectivity index (χ0) is 18.2. The maximum Gasteiger partial charge on any atom is 0.387 e. The SMILES string of the molecule is CCOc1cc(/C=C/C(=O)c2ccc(C#N)cc2)ccc1OC(F)F. The van der Waals surface area contributed by atoms with Gasteiger partial charge in [0.2, 0.25) is 0 Å². The zero-order valence-corrected chi connectivity index (χ0v) is 13.4. The van der Waals surface area contributed by atoms with Gasteiger partial charge in [-0.15, -0.1) is 0 Å². The first-order chi connectivity index (χ1) is 12.0. The quantitative estimate of drug-likeness (QED) is 0.550. The Morgan fingerprint density at radius 1 is 1.20 bits per heavy atom.